The first kappa shape index (κ1) is 17.9. The molecule has 2 aliphatic rings. The van der Waals surface area contributed by atoms with Crippen molar-refractivity contribution >= 4 is 12.6 Å². The molecule has 0 radical (unpaired) electrons. The molecule has 0 bridgehead atoms. The lowest BCUT2D eigenvalue weighted by molar-refractivity contribution is 0.00578. The van der Waals surface area contributed by atoms with Crippen molar-refractivity contribution in [3.05, 3.63) is 23.5 Å². The Morgan fingerprint density at radius 3 is 2.21 bits per heavy atom. The molecule has 132 valence electrons. The first-order chi connectivity index (χ1) is 11.2. The first-order valence-corrected chi connectivity index (χ1v) is 8.90. The molecule has 0 amide bonds. The number of piperazine rings is 1. The largest absolute Gasteiger partial charge is 0.494 e. The van der Waals surface area contributed by atoms with Gasteiger partial charge in [0.25, 0.3) is 0 Å². The van der Waals surface area contributed by atoms with Gasteiger partial charge in [-0.15, -0.1) is 0 Å². The molecule has 5 nitrogen and oxygen atoms in total. The Balaban J connectivity index is 1.75. The van der Waals surface area contributed by atoms with Crippen LogP contribution < -0.4 is 5.46 Å². The predicted octanol–water partition coefficient (Wildman–Crippen LogP) is 1.44. The molecule has 24 heavy (non-hydrogen) atoms. The van der Waals surface area contributed by atoms with Gasteiger partial charge in [0, 0.05) is 38.4 Å². The number of pyridine rings is 1. The molecule has 1 aromatic heterocycles. The van der Waals surface area contributed by atoms with Crippen LogP contribution in [0.5, 0.6) is 0 Å². The Hall–Kier alpha value is -0.945. The van der Waals surface area contributed by atoms with Gasteiger partial charge in [0.2, 0.25) is 0 Å². The molecule has 2 aliphatic heterocycles. The molecule has 0 aliphatic carbocycles. The fourth-order valence-electron chi connectivity index (χ4n) is 3.20. The fraction of sp³-hybridized carbons (Fsp3) is 0.722. The summed E-state index contributed by atoms with van der Waals surface area (Å²) >= 11 is 0. The smallest absolute Gasteiger partial charge is 0.399 e. The maximum atomic E-state index is 6.19. The number of aromatic nitrogens is 1. The zero-order valence-corrected chi connectivity index (χ0v) is 15.9. The lowest BCUT2D eigenvalue weighted by Gasteiger charge is -2.32. The summed E-state index contributed by atoms with van der Waals surface area (Å²) in [5.41, 5.74) is 2.57. The van der Waals surface area contributed by atoms with E-state index in [0.29, 0.717) is 0 Å². The van der Waals surface area contributed by atoms with Crippen LogP contribution >= 0.6 is 0 Å². The van der Waals surface area contributed by atoms with Gasteiger partial charge >= 0.3 is 7.12 Å². The maximum absolute atomic E-state index is 6.19. The average Bonchev–Trinajstić information content (AvgIpc) is 2.69. The number of nitrogens with zero attached hydrogens (tertiary/aromatic N) is 3. The molecule has 3 rings (SSSR count). The zero-order valence-electron chi connectivity index (χ0n) is 15.9. The number of hydrogen-bond donors (Lipinski definition) is 0. The summed E-state index contributed by atoms with van der Waals surface area (Å²) in [7, 11) is 1.86. The minimum atomic E-state index is -0.317. The second kappa shape index (κ2) is 6.41. The van der Waals surface area contributed by atoms with E-state index in [9.17, 15) is 0 Å². The molecule has 0 atom stereocenters. The van der Waals surface area contributed by atoms with Gasteiger partial charge in [-0.05, 0) is 59.3 Å². The number of rotatable bonds is 3. The van der Waals surface area contributed by atoms with Crippen LogP contribution in [0.25, 0.3) is 0 Å². The lowest BCUT2D eigenvalue weighted by Crippen LogP contribution is -2.44. The van der Waals surface area contributed by atoms with Crippen LogP contribution in [-0.4, -0.2) is 66.3 Å². The number of aryl methyl sites for hydroxylation is 1. The van der Waals surface area contributed by atoms with Gasteiger partial charge < -0.3 is 14.2 Å². The second-order valence-electron chi connectivity index (χ2n) is 8.20. The minimum Gasteiger partial charge on any atom is -0.399 e. The van der Waals surface area contributed by atoms with Crippen molar-refractivity contribution in [1.29, 1.82) is 0 Å². The summed E-state index contributed by atoms with van der Waals surface area (Å²) < 4.78 is 12.4. The normalized spacial score (nSPS) is 24.5. The minimum absolute atomic E-state index is 0.313. The molecular weight excluding hydrogens is 301 g/mol. The van der Waals surface area contributed by atoms with Gasteiger partial charge in [-0.25, -0.2) is 0 Å². The summed E-state index contributed by atoms with van der Waals surface area (Å²) in [6, 6.07) is 4.23. The van der Waals surface area contributed by atoms with Crippen LogP contribution in [0.3, 0.4) is 0 Å². The summed E-state index contributed by atoms with van der Waals surface area (Å²) in [6.45, 7) is 15.7. The van der Waals surface area contributed by atoms with E-state index in [1.165, 1.54) is 0 Å². The highest BCUT2D eigenvalue weighted by Gasteiger charge is 2.51. The van der Waals surface area contributed by atoms with Crippen molar-refractivity contribution in [3.8, 4) is 0 Å². The lowest BCUT2D eigenvalue weighted by atomic mass is 9.79. The average molecular weight is 331 g/mol. The summed E-state index contributed by atoms with van der Waals surface area (Å²) in [6.07, 6.45) is 0. The van der Waals surface area contributed by atoms with Crippen LogP contribution in [0.4, 0.5) is 0 Å². The van der Waals surface area contributed by atoms with Crippen LogP contribution in [0.15, 0.2) is 12.1 Å². The van der Waals surface area contributed by atoms with Gasteiger partial charge in [0.15, 0.2) is 0 Å². The fourth-order valence-corrected chi connectivity index (χ4v) is 3.20. The summed E-state index contributed by atoms with van der Waals surface area (Å²) in [4.78, 5) is 9.56. The summed E-state index contributed by atoms with van der Waals surface area (Å²) in [5.74, 6) is 0. The molecule has 0 aromatic carbocycles. The molecule has 2 fully saturated rings. The standard InChI is InChI=1S/C18H30BN3O2/c1-14-11-15(19-23-17(2,3)18(4,5)24-19)12-16(20-14)13-22-9-7-21(6)8-10-22/h11-12H,7-10,13H2,1-6H3. The van der Waals surface area contributed by atoms with E-state index in [-0.39, 0.29) is 18.3 Å². The van der Waals surface area contributed by atoms with Gasteiger partial charge in [-0.1, -0.05) is 0 Å². The molecule has 2 saturated heterocycles. The van der Waals surface area contributed by atoms with Crippen molar-refractivity contribution in [3.63, 3.8) is 0 Å². The van der Waals surface area contributed by atoms with Crippen molar-refractivity contribution in [2.24, 2.45) is 0 Å². The zero-order chi connectivity index (χ0) is 17.5. The molecule has 0 saturated carbocycles. The Morgan fingerprint density at radius 1 is 1.04 bits per heavy atom. The van der Waals surface area contributed by atoms with Crippen LogP contribution in [0, 0.1) is 6.92 Å². The number of hydrogen-bond acceptors (Lipinski definition) is 5. The Labute approximate surface area is 146 Å². The third kappa shape index (κ3) is 3.67. The Bertz CT molecular complexity index is 582. The highest BCUT2D eigenvalue weighted by atomic mass is 16.7. The quantitative estimate of drug-likeness (QED) is 0.784. The highest BCUT2D eigenvalue weighted by Crippen LogP contribution is 2.36. The van der Waals surface area contributed by atoms with E-state index < -0.39 is 0 Å². The van der Waals surface area contributed by atoms with E-state index in [1.807, 2.05) is 6.92 Å². The van der Waals surface area contributed by atoms with Crippen molar-refractivity contribution < 1.29 is 9.31 Å². The van der Waals surface area contributed by atoms with E-state index in [1.54, 1.807) is 0 Å². The Morgan fingerprint density at radius 2 is 1.62 bits per heavy atom. The van der Waals surface area contributed by atoms with Gasteiger partial charge in [-0.2, -0.15) is 0 Å². The topological polar surface area (TPSA) is 37.8 Å². The van der Waals surface area contributed by atoms with E-state index in [4.69, 9.17) is 14.3 Å². The number of likely N-dealkylation sites (N-methyl/N-ethyl adjacent to an activating group) is 1. The van der Waals surface area contributed by atoms with Crippen LogP contribution in [-0.2, 0) is 15.9 Å². The van der Waals surface area contributed by atoms with Gasteiger partial charge in [0.05, 0.1) is 16.9 Å². The molecule has 0 unspecified atom stereocenters. The molecule has 6 heteroatoms. The maximum Gasteiger partial charge on any atom is 0.494 e. The van der Waals surface area contributed by atoms with Gasteiger partial charge in [0.1, 0.15) is 0 Å². The van der Waals surface area contributed by atoms with Crippen molar-refractivity contribution in [2.45, 2.75) is 52.4 Å². The SMILES string of the molecule is Cc1cc(B2OC(C)(C)C(C)(C)O2)cc(CN2CCN(C)CC2)n1. The van der Waals surface area contributed by atoms with Crippen LogP contribution in [0.2, 0.25) is 0 Å². The van der Waals surface area contributed by atoms with Gasteiger partial charge in [-0.3, -0.25) is 9.88 Å². The van der Waals surface area contributed by atoms with E-state index >= 15 is 0 Å². The highest BCUT2D eigenvalue weighted by molar-refractivity contribution is 6.62. The molecule has 0 N–H and O–H groups in total. The second-order valence-corrected chi connectivity index (χ2v) is 8.20. The monoisotopic (exact) mass is 331 g/mol. The van der Waals surface area contributed by atoms with E-state index in [0.717, 1.165) is 49.6 Å². The van der Waals surface area contributed by atoms with E-state index in [2.05, 4.69) is 56.7 Å². The first-order valence-electron chi connectivity index (χ1n) is 8.90. The third-order valence-electron chi connectivity index (χ3n) is 5.54. The van der Waals surface area contributed by atoms with Crippen molar-refractivity contribution in [1.82, 2.24) is 14.8 Å². The van der Waals surface area contributed by atoms with Crippen LogP contribution in [0.1, 0.15) is 39.1 Å². The molecule has 3 heterocycles. The van der Waals surface area contributed by atoms with Crippen molar-refractivity contribution in [2.75, 3.05) is 33.2 Å². The third-order valence-corrected chi connectivity index (χ3v) is 5.54. The molecule has 0 spiro atoms. The molecular formula is C18H30BN3O2. The molecule has 1 aromatic rings. The summed E-state index contributed by atoms with van der Waals surface area (Å²) in [5, 5.41) is 0. The predicted molar refractivity (Wildman–Crippen MR) is 97.5 cm³/mol. The Kier molecular flexibility index (Phi) is 4.77.